The van der Waals surface area contributed by atoms with Gasteiger partial charge in [0.1, 0.15) is 5.75 Å². The van der Waals surface area contributed by atoms with Crippen molar-refractivity contribution >= 4 is 15.8 Å². The molecule has 118 valence electrons. The lowest BCUT2D eigenvalue weighted by molar-refractivity contribution is -0.142. The van der Waals surface area contributed by atoms with Gasteiger partial charge in [0, 0.05) is 0 Å². The van der Waals surface area contributed by atoms with E-state index in [1.807, 2.05) is 13.8 Å². The molecule has 0 aliphatic heterocycles. The molecule has 0 N–H and O–H groups in total. The second-order valence-corrected chi connectivity index (χ2v) is 7.22. The minimum absolute atomic E-state index is 0.0624. The zero-order chi connectivity index (χ0) is 16.0. The highest BCUT2D eigenvalue weighted by molar-refractivity contribution is 7.92. The molecule has 21 heavy (non-hydrogen) atoms. The number of benzene rings is 1. The smallest absolute Gasteiger partial charge is 0.324 e. The molecule has 5 nitrogen and oxygen atoms in total. The average Bonchev–Trinajstić information content (AvgIpc) is 2.44. The molecule has 0 aliphatic rings. The number of carbonyl (C=O) groups is 1. The summed E-state index contributed by atoms with van der Waals surface area (Å²) in [6.07, 6.45) is 0.229. The molecule has 0 heterocycles. The Bertz CT molecular complexity index is 560. The number of hydrogen-bond acceptors (Lipinski definition) is 5. The summed E-state index contributed by atoms with van der Waals surface area (Å²) in [4.78, 5) is 12.1. The third-order valence-corrected chi connectivity index (χ3v) is 5.06. The van der Waals surface area contributed by atoms with Crippen LogP contribution in [-0.4, -0.2) is 33.4 Å². The minimum atomic E-state index is -3.77. The summed E-state index contributed by atoms with van der Waals surface area (Å²) in [6, 6.07) is 6.01. The van der Waals surface area contributed by atoms with Crippen molar-refractivity contribution in [1.82, 2.24) is 0 Å². The molecule has 1 atom stereocenters. The quantitative estimate of drug-likeness (QED) is 0.723. The minimum Gasteiger partial charge on any atom is -0.497 e. The SMILES string of the molecule is CCOC(=O)[C@@H](CC(C)C)S(=O)(=O)c1ccc(OC)cc1. The first-order chi connectivity index (χ1) is 9.82. The van der Waals surface area contributed by atoms with E-state index in [0.29, 0.717) is 5.75 Å². The van der Waals surface area contributed by atoms with Gasteiger partial charge in [-0.2, -0.15) is 0 Å². The van der Waals surface area contributed by atoms with Crippen molar-refractivity contribution in [3.05, 3.63) is 24.3 Å². The Kier molecular flexibility index (Phi) is 6.20. The topological polar surface area (TPSA) is 69.7 Å². The third-order valence-electron chi connectivity index (χ3n) is 3.00. The fourth-order valence-electron chi connectivity index (χ4n) is 1.94. The Morgan fingerprint density at radius 1 is 1.19 bits per heavy atom. The van der Waals surface area contributed by atoms with Crippen LogP contribution in [0.5, 0.6) is 5.75 Å². The summed E-state index contributed by atoms with van der Waals surface area (Å²) in [6.45, 7) is 5.56. The van der Waals surface area contributed by atoms with Crippen LogP contribution in [-0.2, 0) is 19.4 Å². The van der Waals surface area contributed by atoms with Crippen molar-refractivity contribution in [1.29, 1.82) is 0 Å². The van der Waals surface area contributed by atoms with Crippen LogP contribution in [0, 0.1) is 5.92 Å². The molecule has 0 radical (unpaired) electrons. The third kappa shape index (κ3) is 4.46. The summed E-state index contributed by atoms with van der Waals surface area (Å²) >= 11 is 0. The van der Waals surface area contributed by atoms with Crippen LogP contribution in [0.25, 0.3) is 0 Å². The molecule has 6 heteroatoms. The fraction of sp³-hybridized carbons (Fsp3) is 0.533. The molecule has 1 rings (SSSR count). The van der Waals surface area contributed by atoms with Gasteiger partial charge in [-0.3, -0.25) is 4.79 Å². The van der Waals surface area contributed by atoms with Crippen molar-refractivity contribution in [2.75, 3.05) is 13.7 Å². The Hall–Kier alpha value is -1.56. The molecule has 0 saturated carbocycles. The number of sulfone groups is 1. The second kappa shape index (κ2) is 7.45. The largest absolute Gasteiger partial charge is 0.497 e. The number of methoxy groups -OCH3 is 1. The zero-order valence-corrected chi connectivity index (χ0v) is 13.6. The molecular formula is C15H22O5S. The molecule has 0 saturated heterocycles. The van der Waals surface area contributed by atoms with Crippen LogP contribution in [0.15, 0.2) is 29.2 Å². The first kappa shape index (κ1) is 17.5. The van der Waals surface area contributed by atoms with Crippen molar-refractivity contribution in [3.63, 3.8) is 0 Å². The lowest BCUT2D eigenvalue weighted by Gasteiger charge is -2.18. The number of ether oxygens (including phenoxy) is 2. The summed E-state index contributed by atoms with van der Waals surface area (Å²) in [7, 11) is -2.27. The van der Waals surface area contributed by atoms with Gasteiger partial charge < -0.3 is 9.47 Å². The Balaban J connectivity index is 3.15. The van der Waals surface area contributed by atoms with Gasteiger partial charge >= 0.3 is 5.97 Å². The van der Waals surface area contributed by atoms with E-state index in [-0.39, 0.29) is 23.8 Å². The lowest BCUT2D eigenvalue weighted by Crippen LogP contribution is -2.33. The molecule has 0 aromatic heterocycles. The van der Waals surface area contributed by atoms with Gasteiger partial charge in [-0.25, -0.2) is 8.42 Å². The molecule has 0 fully saturated rings. The van der Waals surface area contributed by atoms with E-state index in [1.165, 1.54) is 19.2 Å². The highest BCUT2D eigenvalue weighted by Crippen LogP contribution is 2.24. The molecule has 0 bridgehead atoms. The van der Waals surface area contributed by atoms with Gasteiger partial charge in [-0.05, 0) is 43.5 Å². The van der Waals surface area contributed by atoms with E-state index in [0.717, 1.165) is 0 Å². The number of esters is 1. The summed E-state index contributed by atoms with van der Waals surface area (Å²) in [5.74, 6) is -0.0695. The summed E-state index contributed by atoms with van der Waals surface area (Å²) in [5.41, 5.74) is 0. The molecular weight excluding hydrogens is 292 g/mol. The van der Waals surface area contributed by atoms with E-state index in [2.05, 4.69) is 0 Å². The average molecular weight is 314 g/mol. The predicted octanol–water partition coefficient (Wildman–Crippen LogP) is 2.45. The van der Waals surface area contributed by atoms with Gasteiger partial charge in [0.2, 0.25) is 0 Å². The maximum absolute atomic E-state index is 12.6. The van der Waals surface area contributed by atoms with Crippen molar-refractivity contribution < 1.29 is 22.7 Å². The molecule has 1 aromatic carbocycles. The predicted molar refractivity (Wildman–Crippen MR) is 80.1 cm³/mol. The van der Waals surface area contributed by atoms with Crippen LogP contribution in [0.3, 0.4) is 0 Å². The van der Waals surface area contributed by atoms with Crippen LogP contribution < -0.4 is 4.74 Å². The first-order valence-corrected chi connectivity index (χ1v) is 8.42. The Labute approximate surface area is 126 Å². The van der Waals surface area contributed by atoms with Gasteiger partial charge in [-0.15, -0.1) is 0 Å². The van der Waals surface area contributed by atoms with Crippen molar-refractivity contribution in [2.45, 2.75) is 37.3 Å². The molecule has 0 amide bonds. The number of carbonyl (C=O) groups excluding carboxylic acids is 1. The molecule has 1 aromatic rings. The van der Waals surface area contributed by atoms with Crippen LogP contribution >= 0.6 is 0 Å². The van der Waals surface area contributed by atoms with Gasteiger partial charge in [-0.1, -0.05) is 13.8 Å². The van der Waals surface area contributed by atoms with E-state index in [9.17, 15) is 13.2 Å². The van der Waals surface area contributed by atoms with E-state index < -0.39 is 21.1 Å². The fourth-order valence-corrected chi connectivity index (χ4v) is 3.75. The normalized spacial score (nSPS) is 13.0. The van der Waals surface area contributed by atoms with Gasteiger partial charge in [0.15, 0.2) is 15.1 Å². The molecule has 0 spiro atoms. The van der Waals surface area contributed by atoms with Crippen molar-refractivity contribution in [3.8, 4) is 5.75 Å². The van der Waals surface area contributed by atoms with E-state index in [4.69, 9.17) is 9.47 Å². The second-order valence-electron chi connectivity index (χ2n) is 5.09. The van der Waals surface area contributed by atoms with E-state index >= 15 is 0 Å². The molecule has 0 aliphatic carbocycles. The molecule has 0 unspecified atom stereocenters. The highest BCUT2D eigenvalue weighted by atomic mass is 32.2. The first-order valence-electron chi connectivity index (χ1n) is 6.87. The van der Waals surface area contributed by atoms with Crippen LogP contribution in [0.2, 0.25) is 0 Å². The number of rotatable bonds is 7. The summed E-state index contributed by atoms with van der Waals surface area (Å²) < 4.78 is 35.2. The maximum Gasteiger partial charge on any atom is 0.324 e. The monoisotopic (exact) mass is 314 g/mol. The lowest BCUT2D eigenvalue weighted by atomic mass is 10.1. The van der Waals surface area contributed by atoms with E-state index in [1.54, 1.807) is 19.1 Å². The summed E-state index contributed by atoms with van der Waals surface area (Å²) in [5, 5.41) is -1.18. The Morgan fingerprint density at radius 3 is 2.19 bits per heavy atom. The number of hydrogen-bond donors (Lipinski definition) is 0. The zero-order valence-electron chi connectivity index (χ0n) is 12.8. The Morgan fingerprint density at radius 2 is 1.76 bits per heavy atom. The standard InChI is InChI=1S/C15H22O5S/c1-5-20-15(16)14(10-11(2)3)21(17,18)13-8-6-12(19-4)7-9-13/h6-9,11,14H,5,10H2,1-4H3/t14-/m1/s1. The van der Waals surface area contributed by atoms with Crippen molar-refractivity contribution in [2.24, 2.45) is 5.92 Å². The van der Waals surface area contributed by atoms with Gasteiger partial charge in [0.25, 0.3) is 0 Å². The highest BCUT2D eigenvalue weighted by Gasteiger charge is 2.35. The van der Waals surface area contributed by atoms with Gasteiger partial charge in [0.05, 0.1) is 18.6 Å². The maximum atomic E-state index is 12.6. The van der Waals surface area contributed by atoms with Crippen LogP contribution in [0.4, 0.5) is 0 Å². The van der Waals surface area contributed by atoms with Crippen LogP contribution in [0.1, 0.15) is 27.2 Å².